The van der Waals surface area contributed by atoms with Gasteiger partial charge in [-0.2, -0.15) is 5.10 Å². The number of H-pyrrole nitrogens is 2. The molecule has 0 bridgehead atoms. The third-order valence-corrected chi connectivity index (χ3v) is 5.66. The van der Waals surface area contributed by atoms with Gasteiger partial charge in [-0.3, -0.25) is 9.89 Å². The van der Waals surface area contributed by atoms with Gasteiger partial charge in [0.05, 0.1) is 24.2 Å². The summed E-state index contributed by atoms with van der Waals surface area (Å²) in [5, 5.41) is 10.8. The Morgan fingerprint density at radius 3 is 2.76 bits per heavy atom. The molecule has 0 radical (unpaired) electrons. The summed E-state index contributed by atoms with van der Waals surface area (Å²) < 4.78 is 5.56. The van der Waals surface area contributed by atoms with E-state index in [9.17, 15) is 4.79 Å². The molecular weight excluding hydrogens is 366 g/mol. The van der Waals surface area contributed by atoms with Crippen LogP contribution in [0.25, 0.3) is 22.0 Å². The van der Waals surface area contributed by atoms with Gasteiger partial charge in [0.15, 0.2) is 0 Å². The second kappa shape index (κ2) is 7.18. The Kier molecular flexibility index (Phi) is 4.37. The van der Waals surface area contributed by atoms with Crippen molar-refractivity contribution in [2.75, 3.05) is 20.2 Å². The highest BCUT2D eigenvalue weighted by molar-refractivity contribution is 5.83. The van der Waals surface area contributed by atoms with Gasteiger partial charge in [-0.25, -0.2) is 4.98 Å². The molecule has 1 aliphatic rings. The summed E-state index contributed by atoms with van der Waals surface area (Å²) >= 11 is 0. The number of benzene rings is 2. The normalized spacial score (nSPS) is 18.9. The summed E-state index contributed by atoms with van der Waals surface area (Å²) in [7, 11) is 1.68. The molecule has 7 nitrogen and oxygen atoms in total. The van der Waals surface area contributed by atoms with Gasteiger partial charge in [-0.15, -0.1) is 0 Å². The smallest absolute Gasteiger partial charge is 0.258 e. The van der Waals surface area contributed by atoms with Gasteiger partial charge >= 0.3 is 0 Å². The van der Waals surface area contributed by atoms with Crippen LogP contribution in [0.3, 0.4) is 0 Å². The summed E-state index contributed by atoms with van der Waals surface area (Å²) in [5.41, 5.74) is 3.57. The number of hydrogen-bond acceptors (Lipinski definition) is 5. The minimum atomic E-state index is -0.124. The van der Waals surface area contributed by atoms with E-state index in [1.165, 1.54) is 0 Å². The summed E-state index contributed by atoms with van der Waals surface area (Å²) in [5.74, 6) is 1.81. The monoisotopic (exact) mass is 387 g/mol. The fourth-order valence-electron chi connectivity index (χ4n) is 4.19. The lowest BCUT2D eigenvalue weighted by Gasteiger charge is -2.20. The molecule has 0 aliphatic carbocycles. The van der Waals surface area contributed by atoms with E-state index in [0.29, 0.717) is 16.7 Å². The fraction of sp³-hybridized carbons (Fsp3) is 0.227. The van der Waals surface area contributed by atoms with Crippen molar-refractivity contribution < 1.29 is 4.74 Å². The highest BCUT2D eigenvalue weighted by Gasteiger charge is 2.33. The third kappa shape index (κ3) is 3.09. The van der Waals surface area contributed by atoms with Crippen molar-refractivity contribution in [3.05, 3.63) is 76.6 Å². The van der Waals surface area contributed by atoms with Crippen LogP contribution in [-0.4, -0.2) is 40.4 Å². The Balaban J connectivity index is 1.56. The summed E-state index contributed by atoms with van der Waals surface area (Å²) in [4.78, 5) is 20.7. The Labute approximate surface area is 167 Å². The summed E-state index contributed by atoms with van der Waals surface area (Å²) in [6.45, 7) is 1.57. The van der Waals surface area contributed by atoms with Crippen LogP contribution >= 0.6 is 0 Å². The lowest BCUT2D eigenvalue weighted by molar-refractivity contribution is 0.404. The first-order valence-corrected chi connectivity index (χ1v) is 9.61. The Morgan fingerprint density at radius 2 is 1.93 bits per heavy atom. The van der Waals surface area contributed by atoms with Crippen molar-refractivity contribution in [3.8, 4) is 16.9 Å². The number of nitrogens with one attached hydrogen (secondary N) is 3. The Bertz CT molecular complexity index is 1220. The number of ether oxygens (including phenoxy) is 1. The quantitative estimate of drug-likeness (QED) is 0.500. The fourth-order valence-corrected chi connectivity index (χ4v) is 4.19. The summed E-state index contributed by atoms with van der Waals surface area (Å²) in [6, 6.07) is 13.8. The first-order valence-electron chi connectivity index (χ1n) is 9.61. The van der Waals surface area contributed by atoms with E-state index < -0.39 is 0 Å². The number of fused-ring (bicyclic) bond motifs is 1. The molecule has 1 aliphatic heterocycles. The highest BCUT2D eigenvalue weighted by Crippen LogP contribution is 2.38. The van der Waals surface area contributed by atoms with Crippen LogP contribution in [0.15, 0.2) is 59.7 Å². The first kappa shape index (κ1) is 17.6. The largest absolute Gasteiger partial charge is 0.496 e. The van der Waals surface area contributed by atoms with Crippen LogP contribution in [0.5, 0.6) is 5.75 Å². The maximum atomic E-state index is 12.9. The lowest BCUT2D eigenvalue weighted by Crippen LogP contribution is -2.19. The van der Waals surface area contributed by atoms with E-state index in [-0.39, 0.29) is 17.4 Å². The molecule has 1 fully saturated rings. The van der Waals surface area contributed by atoms with E-state index in [2.05, 4.69) is 26.6 Å². The second-order valence-electron chi connectivity index (χ2n) is 7.28. The molecule has 3 N–H and O–H groups in total. The minimum Gasteiger partial charge on any atom is -0.496 e. The van der Waals surface area contributed by atoms with Crippen molar-refractivity contribution >= 4 is 10.9 Å². The summed E-state index contributed by atoms with van der Waals surface area (Å²) in [6.07, 6.45) is 3.54. The average molecular weight is 387 g/mol. The van der Waals surface area contributed by atoms with Crippen molar-refractivity contribution in [1.82, 2.24) is 25.5 Å². The van der Waals surface area contributed by atoms with Gasteiger partial charge in [0.1, 0.15) is 11.6 Å². The number of hydrogen-bond donors (Lipinski definition) is 3. The zero-order chi connectivity index (χ0) is 19.8. The van der Waals surface area contributed by atoms with Crippen molar-refractivity contribution in [2.45, 2.75) is 11.8 Å². The molecule has 1 saturated heterocycles. The topological polar surface area (TPSA) is 95.7 Å². The second-order valence-corrected chi connectivity index (χ2v) is 7.28. The molecule has 2 aromatic heterocycles. The number of rotatable bonds is 4. The standard InChI is InChI=1S/C22H21N5O2/c1-29-20-5-3-2-4-15(20)17-11-23-12-18(17)21-26-19-7-6-13(14-9-24-25-10-14)8-16(19)22(28)27-21/h2-10,17-18,23H,11-12H2,1H3,(H,24,25)(H,26,27,28)/t17-,18+/m0/s1. The Hall–Kier alpha value is -3.45. The van der Waals surface area contributed by atoms with Gasteiger partial charge in [-0.1, -0.05) is 24.3 Å². The predicted molar refractivity (Wildman–Crippen MR) is 111 cm³/mol. The molecule has 5 rings (SSSR count). The SMILES string of the molecule is COc1ccccc1[C@@H]1CNC[C@H]1c1nc2ccc(-c3cn[nH]c3)cc2c(=O)[nH]1. The van der Waals surface area contributed by atoms with Crippen LogP contribution in [-0.2, 0) is 0 Å². The third-order valence-electron chi connectivity index (χ3n) is 5.66. The number of aromatic amines is 2. The molecule has 2 atom stereocenters. The molecule has 146 valence electrons. The van der Waals surface area contributed by atoms with Crippen LogP contribution in [0.1, 0.15) is 23.2 Å². The van der Waals surface area contributed by atoms with Crippen LogP contribution in [0.2, 0.25) is 0 Å². The van der Waals surface area contributed by atoms with E-state index in [1.807, 2.05) is 36.4 Å². The van der Waals surface area contributed by atoms with Crippen LogP contribution < -0.4 is 15.6 Å². The molecule has 3 heterocycles. The van der Waals surface area contributed by atoms with Gasteiger partial charge in [0, 0.05) is 36.7 Å². The van der Waals surface area contributed by atoms with Crippen molar-refractivity contribution in [2.24, 2.45) is 0 Å². The molecule has 4 aromatic rings. The van der Waals surface area contributed by atoms with Crippen LogP contribution in [0.4, 0.5) is 0 Å². The highest BCUT2D eigenvalue weighted by atomic mass is 16.5. The van der Waals surface area contributed by atoms with Gasteiger partial charge in [-0.05, 0) is 29.3 Å². The zero-order valence-corrected chi connectivity index (χ0v) is 16.0. The number of para-hydroxylation sites is 1. The number of methoxy groups -OCH3 is 1. The minimum absolute atomic E-state index is 0.0666. The average Bonchev–Trinajstić information content (AvgIpc) is 3.45. The van der Waals surface area contributed by atoms with E-state index in [0.717, 1.165) is 35.5 Å². The molecular formula is C22H21N5O2. The maximum absolute atomic E-state index is 12.9. The van der Waals surface area contributed by atoms with E-state index in [4.69, 9.17) is 9.72 Å². The lowest BCUT2D eigenvalue weighted by atomic mass is 9.87. The predicted octanol–water partition coefficient (Wildman–Crippen LogP) is 2.79. The molecule has 2 aromatic carbocycles. The molecule has 0 saturated carbocycles. The van der Waals surface area contributed by atoms with E-state index in [1.54, 1.807) is 19.5 Å². The molecule has 29 heavy (non-hydrogen) atoms. The van der Waals surface area contributed by atoms with E-state index >= 15 is 0 Å². The first-order chi connectivity index (χ1) is 14.2. The molecule has 0 spiro atoms. The van der Waals surface area contributed by atoms with Gasteiger partial charge in [0.2, 0.25) is 0 Å². The van der Waals surface area contributed by atoms with Gasteiger partial charge in [0.25, 0.3) is 5.56 Å². The molecule has 7 heteroatoms. The maximum Gasteiger partial charge on any atom is 0.258 e. The number of nitrogens with zero attached hydrogens (tertiary/aromatic N) is 2. The van der Waals surface area contributed by atoms with Crippen molar-refractivity contribution in [3.63, 3.8) is 0 Å². The molecule has 0 amide bonds. The van der Waals surface area contributed by atoms with Crippen LogP contribution in [0, 0.1) is 0 Å². The van der Waals surface area contributed by atoms with Crippen molar-refractivity contribution in [1.29, 1.82) is 0 Å². The Morgan fingerprint density at radius 1 is 1.07 bits per heavy atom. The van der Waals surface area contributed by atoms with Gasteiger partial charge < -0.3 is 15.0 Å². The number of aromatic nitrogens is 4. The molecule has 0 unspecified atom stereocenters. The zero-order valence-electron chi connectivity index (χ0n) is 16.0.